The van der Waals surface area contributed by atoms with Crippen molar-refractivity contribution in [2.24, 2.45) is 0 Å². The third kappa shape index (κ3) is 5.62. The summed E-state index contributed by atoms with van der Waals surface area (Å²) in [7, 11) is 0. The fourth-order valence-corrected chi connectivity index (χ4v) is 7.41. The topological polar surface area (TPSA) is 88.4 Å². The number of nitrogens with one attached hydrogen (secondary N) is 1. The molecule has 0 unspecified atom stereocenters. The van der Waals surface area contributed by atoms with Gasteiger partial charge < -0.3 is 19.9 Å². The highest BCUT2D eigenvalue weighted by molar-refractivity contribution is 7.22. The number of likely N-dealkylation sites (N-methyl/N-ethyl adjacent to an activating group) is 1. The minimum Gasteiger partial charge on any atom is -0.487 e. The van der Waals surface area contributed by atoms with Gasteiger partial charge in [-0.25, -0.2) is 14.4 Å². The van der Waals surface area contributed by atoms with Gasteiger partial charge in [0.25, 0.3) is 0 Å². The Labute approximate surface area is 263 Å². The second kappa shape index (κ2) is 12.1. The number of aryl methyl sites for hydroxylation is 1. The number of benzene rings is 2. The van der Waals surface area contributed by atoms with Crippen LogP contribution in [0.25, 0.3) is 20.7 Å². The van der Waals surface area contributed by atoms with Gasteiger partial charge in [-0.05, 0) is 60.8 Å². The Morgan fingerprint density at radius 2 is 1.98 bits per heavy atom. The molecule has 0 bridgehead atoms. The zero-order valence-corrected chi connectivity index (χ0v) is 25.8. The molecule has 226 valence electrons. The summed E-state index contributed by atoms with van der Waals surface area (Å²) >= 11 is 8.18. The van der Waals surface area contributed by atoms with Gasteiger partial charge in [0.15, 0.2) is 0 Å². The lowest BCUT2D eigenvalue weighted by Gasteiger charge is -2.34. The van der Waals surface area contributed by atoms with Gasteiger partial charge in [-0.15, -0.1) is 11.3 Å². The molecule has 0 spiro atoms. The molecular formula is C32H31ClFN7O2S. The fourth-order valence-electron chi connectivity index (χ4n) is 5.95. The van der Waals surface area contributed by atoms with Crippen molar-refractivity contribution in [1.29, 1.82) is 0 Å². The number of fused-ring (bicyclic) bond motifs is 5. The molecule has 1 saturated heterocycles. The van der Waals surface area contributed by atoms with Crippen LogP contribution in [0, 0.1) is 5.82 Å². The molecule has 5 aromatic rings. The maximum Gasteiger partial charge on any atom is 0.244 e. The number of ether oxygens (including phenoxy) is 1. The van der Waals surface area contributed by atoms with Crippen molar-refractivity contribution in [3.05, 3.63) is 82.6 Å². The van der Waals surface area contributed by atoms with Crippen LogP contribution in [0.2, 0.25) is 5.02 Å². The van der Waals surface area contributed by atoms with Crippen LogP contribution in [0.1, 0.15) is 23.7 Å². The molecule has 1 aliphatic carbocycles. The minimum absolute atomic E-state index is 0.121. The van der Waals surface area contributed by atoms with Gasteiger partial charge in [0, 0.05) is 48.0 Å². The quantitative estimate of drug-likeness (QED) is 0.227. The number of aromatic nitrogens is 4. The van der Waals surface area contributed by atoms with E-state index in [1.807, 2.05) is 21.8 Å². The second-order valence-corrected chi connectivity index (χ2v) is 12.4. The maximum atomic E-state index is 13.5. The first-order valence-electron chi connectivity index (χ1n) is 14.7. The zero-order chi connectivity index (χ0) is 30.2. The Bertz CT molecular complexity index is 1850. The van der Waals surface area contributed by atoms with E-state index in [-0.39, 0.29) is 24.9 Å². The van der Waals surface area contributed by atoms with E-state index in [9.17, 15) is 9.18 Å². The molecule has 9 nitrogen and oxygen atoms in total. The van der Waals surface area contributed by atoms with Crippen LogP contribution in [-0.2, 0) is 30.8 Å². The average Bonchev–Trinajstić information content (AvgIpc) is 3.62. The molecule has 44 heavy (non-hydrogen) atoms. The number of halogens is 2. The normalized spacial score (nSPS) is 14.8. The molecule has 1 N–H and O–H groups in total. The highest BCUT2D eigenvalue weighted by atomic mass is 35.5. The predicted molar refractivity (Wildman–Crippen MR) is 170 cm³/mol. The van der Waals surface area contributed by atoms with Crippen molar-refractivity contribution in [2.75, 3.05) is 38.0 Å². The van der Waals surface area contributed by atoms with Crippen LogP contribution in [0.15, 0.2) is 55.0 Å². The first-order chi connectivity index (χ1) is 21.5. The number of piperazine rings is 1. The largest absolute Gasteiger partial charge is 0.487 e. The highest BCUT2D eigenvalue weighted by Gasteiger charge is 2.28. The summed E-state index contributed by atoms with van der Waals surface area (Å²) < 4.78 is 21.2. The number of carbonyl (C=O) groups is 1. The van der Waals surface area contributed by atoms with Gasteiger partial charge in [0.1, 0.15) is 41.7 Å². The summed E-state index contributed by atoms with van der Waals surface area (Å²) in [6.45, 7) is 7.01. The van der Waals surface area contributed by atoms with E-state index in [2.05, 4.69) is 32.2 Å². The van der Waals surface area contributed by atoms with E-state index in [1.54, 1.807) is 41.9 Å². The van der Waals surface area contributed by atoms with E-state index in [0.29, 0.717) is 16.6 Å². The number of hydrogen-bond acceptors (Lipinski definition) is 8. The van der Waals surface area contributed by atoms with Gasteiger partial charge in [0.05, 0.1) is 16.6 Å². The molecule has 1 aliphatic heterocycles. The van der Waals surface area contributed by atoms with Crippen LogP contribution < -0.4 is 10.1 Å². The number of nitrogens with zero attached hydrogens (tertiary/aromatic N) is 6. The Kier molecular flexibility index (Phi) is 7.92. The molecular weight excluding hydrogens is 601 g/mol. The van der Waals surface area contributed by atoms with Crippen molar-refractivity contribution in [1.82, 2.24) is 29.5 Å². The summed E-state index contributed by atoms with van der Waals surface area (Å²) in [5, 5.41) is 9.49. The molecule has 12 heteroatoms. The van der Waals surface area contributed by atoms with E-state index < -0.39 is 0 Å². The molecule has 1 fully saturated rings. The Morgan fingerprint density at radius 3 is 2.77 bits per heavy atom. The second-order valence-electron chi connectivity index (χ2n) is 11.0. The standard InChI is InChI=1S/C32H31ClFN7O2S/c1-2-39-10-12-40(13-11-39)28(42)17-41-26-8-7-23-29-31(35-19-36-32(29)44-30(23)24(26)16-37-41)38-22-6-9-27(25(33)15-22)43-18-20-4-3-5-21(34)14-20/h3-6,9,14-16,19H,2,7-8,10-13,17-18H2,1H3,(H,35,36,38). The summed E-state index contributed by atoms with van der Waals surface area (Å²) in [5.74, 6) is 1.03. The number of hydrogen-bond donors (Lipinski definition) is 1. The Hall–Kier alpha value is -4.06. The Balaban J connectivity index is 1.09. The summed E-state index contributed by atoms with van der Waals surface area (Å²) in [6, 6.07) is 11.7. The van der Waals surface area contributed by atoms with Crippen LogP contribution in [0.5, 0.6) is 5.75 Å². The lowest BCUT2D eigenvalue weighted by atomic mass is 9.95. The number of anilines is 2. The summed E-state index contributed by atoms with van der Waals surface area (Å²) in [5.41, 5.74) is 4.82. The van der Waals surface area contributed by atoms with Crippen molar-refractivity contribution in [3.63, 3.8) is 0 Å². The lowest BCUT2D eigenvalue weighted by Crippen LogP contribution is -2.49. The van der Waals surface area contributed by atoms with E-state index in [0.717, 1.165) is 83.2 Å². The third-order valence-electron chi connectivity index (χ3n) is 8.33. The number of thiophene rings is 1. The number of carbonyl (C=O) groups excluding carboxylic acids is 1. The van der Waals surface area contributed by atoms with Gasteiger partial charge >= 0.3 is 0 Å². The minimum atomic E-state index is -0.305. The average molecular weight is 632 g/mol. The van der Waals surface area contributed by atoms with Crippen molar-refractivity contribution in [2.45, 2.75) is 32.9 Å². The fraction of sp³-hybridized carbons (Fsp3) is 0.312. The van der Waals surface area contributed by atoms with Crippen molar-refractivity contribution < 1.29 is 13.9 Å². The van der Waals surface area contributed by atoms with Gasteiger partial charge in [-0.3, -0.25) is 9.48 Å². The molecule has 4 heterocycles. The van der Waals surface area contributed by atoms with Crippen LogP contribution in [-0.4, -0.2) is 68.2 Å². The first kappa shape index (κ1) is 28.7. The summed E-state index contributed by atoms with van der Waals surface area (Å²) in [4.78, 5) is 28.6. The molecule has 2 aromatic carbocycles. The van der Waals surface area contributed by atoms with E-state index in [4.69, 9.17) is 16.3 Å². The maximum absolute atomic E-state index is 13.5. The van der Waals surface area contributed by atoms with E-state index >= 15 is 0 Å². The van der Waals surface area contributed by atoms with Crippen molar-refractivity contribution >= 4 is 50.6 Å². The molecule has 0 radical (unpaired) electrons. The third-order valence-corrected chi connectivity index (χ3v) is 9.80. The first-order valence-corrected chi connectivity index (χ1v) is 15.9. The van der Waals surface area contributed by atoms with Crippen LogP contribution in [0.4, 0.5) is 15.9 Å². The van der Waals surface area contributed by atoms with Crippen LogP contribution >= 0.6 is 22.9 Å². The Morgan fingerprint density at radius 1 is 1.11 bits per heavy atom. The SMILES string of the molecule is CCN1CCN(C(=O)Cn2ncc3c2CCc2c-3sc3ncnc(Nc4ccc(OCc5cccc(F)c5)c(Cl)c4)c23)CC1. The molecule has 3 aromatic heterocycles. The molecule has 2 aliphatic rings. The highest BCUT2D eigenvalue weighted by Crippen LogP contribution is 2.45. The van der Waals surface area contributed by atoms with Gasteiger partial charge in [-0.1, -0.05) is 30.7 Å². The number of amides is 1. The molecule has 0 atom stereocenters. The molecule has 0 saturated carbocycles. The molecule has 7 rings (SSSR count). The van der Waals surface area contributed by atoms with E-state index in [1.165, 1.54) is 17.7 Å². The summed E-state index contributed by atoms with van der Waals surface area (Å²) in [6.07, 6.45) is 5.02. The zero-order valence-electron chi connectivity index (χ0n) is 24.2. The van der Waals surface area contributed by atoms with Gasteiger partial charge in [-0.2, -0.15) is 5.10 Å². The van der Waals surface area contributed by atoms with Gasteiger partial charge in [0.2, 0.25) is 5.91 Å². The predicted octanol–water partition coefficient (Wildman–Crippen LogP) is 5.93. The van der Waals surface area contributed by atoms with Crippen molar-refractivity contribution in [3.8, 4) is 16.2 Å². The lowest BCUT2D eigenvalue weighted by molar-refractivity contribution is -0.133. The smallest absolute Gasteiger partial charge is 0.244 e. The monoisotopic (exact) mass is 631 g/mol. The van der Waals surface area contributed by atoms with Crippen LogP contribution in [0.3, 0.4) is 0 Å². The molecule has 1 amide bonds. The number of rotatable bonds is 8.